The van der Waals surface area contributed by atoms with Crippen LogP contribution in [-0.4, -0.2) is 40.0 Å². The Kier molecular flexibility index (Phi) is 10.5. The van der Waals surface area contributed by atoms with Gasteiger partial charge in [0.1, 0.15) is 6.04 Å². The van der Waals surface area contributed by atoms with Crippen molar-refractivity contribution in [2.45, 2.75) is 45.0 Å². The van der Waals surface area contributed by atoms with Crippen molar-refractivity contribution in [3.05, 3.63) is 74.8 Å². The molecule has 2 amide bonds. The Morgan fingerprint density at radius 2 is 1.84 bits per heavy atom. The standard InChI is InChI=1S/C23H28ClN3O4S/c1-3-13-25-23(29)21(4-2)26(14-18-7-5-6-8-20(18)24)22(28)16-32-15-17-9-11-19(12-10-17)27(30)31/h5-12,21H,3-4,13-16H2,1-2H3,(H,25,29)/t21-/m1/s1. The van der Waals surface area contributed by atoms with E-state index in [1.165, 1.54) is 23.9 Å². The lowest BCUT2D eigenvalue weighted by Crippen LogP contribution is -2.49. The fraction of sp³-hybridized carbons (Fsp3) is 0.391. The van der Waals surface area contributed by atoms with E-state index in [9.17, 15) is 19.7 Å². The second-order valence-corrected chi connectivity index (χ2v) is 8.64. The van der Waals surface area contributed by atoms with Crippen LogP contribution in [0.15, 0.2) is 48.5 Å². The number of nitrogens with zero attached hydrogens (tertiary/aromatic N) is 2. The first-order valence-corrected chi connectivity index (χ1v) is 12.0. The maximum Gasteiger partial charge on any atom is 0.269 e. The van der Waals surface area contributed by atoms with Crippen LogP contribution in [0.5, 0.6) is 0 Å². The summed E-state index contributed by atoms with van der Waals surface area (Å²) < 4.78 is 0. The van der Waals surface area contributed by atoms with Crippen LogP contribution in [0, 0.1) is 10.1 Å². The molecule has 0 aliphatic carbocycles. The van der Waals surface area contributed by atoms with Crippen molar-refractivity contribution in [2.75, 3.05) is 12.3 Å². The fourth-order valence-electron chi connectivity index (χ4n) is 3.15. The maximum absolute atomic E-state index is 13.2. The number of benzene rings is 2. The third-order valence-electron chi connectivity index (χ3n) is 4.88. The molecular formula is C23H28ClN3O4S. The summed E-state index contributed by atoms with van der Waals surface area (Å²) in [5.74, 6) is 0.382. The quantitative estimate of drug-likeness (QED) is 0.349. The van der Waals surface area contributed by atoms with Crippen LogP contribution in [0.4, 0.5) is 5.69 Å². The molecule has 2 rings (SSSR count). The molecule has 0 aliphatic rings. The number of hydrogen-bond donors (Lipinski definition) is 1. The van der Waals surface area contributed by atoms with Crippen LogP contribution in [0.1, 0.15) is 37.8 Å². The molecule has 0 radical (unpaired) electrons. The topological polar surface area (TPSA) is 92.6 Å². The van der Waals surface area contributed by atoms with Gasteiger partial charge in [-0.15, -0.1) is 11.8 Å². The molecule has 0 saturated carbocycles. The van der Waals surface area contributed by atoms with Crippen molar-refractivity contribution in [3.8, 4) is 0 Å². The molecule has 0 aliphatic heterocycles. The Morgan fingerprint density at radius 3 is 2.44 bits per heavy atom. The highest BCUT2D eigenvalue weighted by Gasteiger charge is 2.28. The molecule has 172 valence electrons. The number of hydrogen-bond acceptors (Lipinski definition) is 5. The molecule has 0 fully saturated rings. The van der Waals surface area contributed by atoms with Crippen LogP contribution in [-0.2, 0) is 21.9 Å². The molecule has 32 heavy (non-hydrogen) atoms. The van der Waals surface area contributed by atoms with Gasteiger partial charge in [-0.1, -0.05) is 55.8 Å². The lowest BCUT2D eigenvalue weighted by Gasteiger charge is -2.31. The molecule has 0 saturated heterocycles. The van der Waals surface area contributed by atoms with E-state index >= 15 is 0 Å². The summed E-state index contributed by atoms with van der Waals surface area (Å²) in [5.41, 5.74) is 1.70. The molecule has 7 nitrogen and oxygen atoms in total. The number of nitro groups is 1. The highest BCUT2D eigenvalue weighted by atomic mass is 35.5. The monoisotopic (exact) mass is 477 g/mol. The Hall–Kier alpha value is -2.58. The molecule has 1 atom stereocenters. The molecule has 2 aromatic rings. The van der Waals surface area contributed by atoms with Gasteiger partial charge in [0.05, 0.1) is 10.7 Å². The Labute approximate surface area is 197 Å². The van der Waals surface area contributed by atoms with Crippen LogP contribution in [0.25, 0.3) is 0 Å². The van der Waals surface area contributed by atoms with Crippen molar-refractivity contribution in [2.24, 2.45) is 0 Å². The first kappa shape index (κ1) is 25.7. The van der Waals surface area contributed by atoms with E-state index in [1.54, 1.807) is 23.1 Å². The second-order valence-electron chi connectivity index (χ2n) is 7.24. The Bertz CT molecular complexity index is 924. The van der Waals surface area contributed by atoms with Gasteiger partial charge >= 0.3 is 0 Å². The maximum atomic E-state index is 13.2. The average Bonchev–Trinajstić information content (AvgIpc) is 2.79. The number of non-ortho nitro benzene ring substituents is 1. The zero-order valence-electron chi connectivity index (χ0n) is 18.3. The highest BCUT2D eigenvalue weighted by Crippen LogP contribution is 2.22. The summed E-state index contributed by atoms with van der Waals surface area (Å²) >= 11 is 7.72. The van der Waals surface area contributed by atoms with Gasteiger partial charge in [0.15, 0.2) is 0 Å². The highest BCUT2D eigenvalue weighted by molar-refractivity contribution is 7.99. The van der Waals surface area contributed by atoms with Gasteiger partial charge in [-0.25, -0.2) is 0 Å². The molecule has 0 unspecified atom stereocenters. The lowest BCUT2D eigenvalue weighted by molar-refractivity contribution is -0.384. The Morgan fingerprint density at radius 1 is 1.16 bits per heavy atom. The minimum atomic E-state index is -0.592. The van der Waals surface area contributed by atoms with Crippen molar-refractivity contribution >= 4 is 40.9 Å². The van der Waals surface area contributed by atoms with Gasteiger partial charge in [0.2, 0.25) is 11.8 Å². The van der Waals surface area contributed by atoms with E-state index in [4.69, 9.17) is 11.6 Å². The first-order chi connectivity index (χ1) is 15.4. The second kappa shape index (κ2) is 13.1. The summed E-state index contributed by atoms with van der Waals surface area (Å²) in [4.78, 5) is 37.8. The molecule has 1 N–H and O–H groups in total. The largest absolute Gasteiger partial charge is 0.354 e. The molecule has 0 aromatic heterocycles. The zero-order valence-corrected chi connectivity index (χ0v) is 19.8. The molecule has 0 heterocycles. The normalized spacial score (nSPS) is 11.6. The number of rotatable bonds is 12. The SMILES string of the molecule is CCCNC(=O)[C@@H](CC)N(Cc1ccccc1Cl)C(=O)CSCc1ccc([N+](=O)[O-])cc1. The Balaban J connectivity index is 2.10. The van der Waals surface area contributed by atoms with Gasteiger partial charge in [0.25, 0.3) is 5.69 Å². The predicted octanol–water partition coefficient (Wildman–Crippen LogP) is 4.82. The first-order valence-electron chi connectivity index (χ1n) is 10.5. The van der Waals surface area contributed by atoms with E-state index in [0.29, 0.717) is 23.7 Å². The van der Waals surface area contributed by atoms with Crippen LogP contribution < -0.4 is 5.32 Å². The summed E-state index contributed by atoms with van der Waals surface area (Å²) in [5, 5.41) is 14.2. The van der Waals surface area contributed by atoms with Gasteiger partial charge in [-0.3, -0.25) is 19.7 Å². The summed E-state index contributed by atoms with van der Waals surface area (Å²) in [6, 6.07) is 13.0. The minimum absolute atomic E-state index is 0.0321. The molecular weight excluding hydrogens is 450 g/mol. The number of nitrogens with one attached hydrogen (secondary N) is 1. The predicted molar refractivity (Wildman–Crippen MR) is 129 cm³/mol. The smallest absolute Gasteiger partial charge is 0.269 e. The van der Waals surface area contributed by atoms with Crippen LogP contribution >= 0.6 is 23.4 Å². The van der Waals surface area contributed by atoms with Crippen LogP contribution in [0.3, 0.4) is 0 Å². The number of halogens is 1. The van der Waals surface area contributed by atoms with Crippen molar-refractivity contribution < 1.29 is 14.5 Å². The van der Waals surface area contributed by atoms with E-state index in [1.807, 2.05) is 32.0 Å². The third-order valence-corrected chi connectivity index (χ3v) is 6.23. The lowest BCUT2D eigenvalue weighted by atomic mass is 10.1. The van der Waals surface area contributed by atoms with E-state index in [-0.39, 0.29) is 29.8 Å². The fourth-order valence-corrected chi connectivity index (χ4v) is 4.21. The van der Waals surface area contributed by atoms with Gasteiger partial charge < -0.3 is 10.2 Å². The molecule has 0 bridgehead atoms. The van der Waals surface area contributed by atoms with Crippen molar-refractivity contribution in [3.63, 3.8) is 0 Å². The molecule has 0 spiro atoms. The third kappa shape index (κ3) is 7.53. The van der Waals surface area contributed by atoms with Gasteiger partial charge in [-0.05, 0) is 30.0 Å². The number of nitro benzene ring substituents is 1. The summed E-state index contributed by atoms with van der Waals surface area (Å²) in [6.45, 7) is 4.66. The van der Waals surface area contributed by atoms with Gasteiger partial charge in [0, 0.05) is 36.0 Å². The number of carbonyl (C=O) groups excluding carboxylic acids is 2. The minimum Gasteiger partial charge on any atom is -0.354 e. The zero-order chi connectivity index (χ0) is 23.5. The molecule has 9 heteroatoms. The summed E-state index contributed by atoms with van der Waals surface area (Å²) in [6.07, 6.45) is 1.30. The number of carbonyl (C=O) groups is 2. The van der Waals surface area contributed by atoms with E-state index in [2.05, 4.69) is 5.32 Å². The molecule has 2 aromatic carbocycles. The van der Waals surface area contributed by atoms with Crippen molar-refractivity contribution in [1.29, 1.82) is 0 Å². The van der Waals surface area contributed by atoms with Gasteiger partial charge in [-0.2, -0.15) is 0 Å². The van der Waals surface area contributed by atoms with E-state index < -0.39 is 11.0 Å². The van der Waals surface area contributed by atoms with Crippen molar-refractivity contribution in [1.82, 2.24) is 10.2 Å². The van der Waals surface area contributed by atoms with E-state index in [0.717, 1.165) is 17.5 Å². The summed E-state index contributed by atoms with van der Waals surface area (Å²) in [7, 11) is 0. The van der Waals surface area contributed by atoms with Crippen LogP contribution in [0.2, 0.25) is 5.02 Å². The average molecular weight is 478 g/mol. The number of amides is 2. The number of thioether (sulfide) groups is 1.